The lowest BCUT2D eigenvalue weighted by Gasteiger charge is -2.15. The SMILES string of the molecule is Cc1c(OCc2ccccc2)ccc(Br)c1C(=O)NCC(F)(F)F. The zero-order valence-corrected chi connectivity index (χ0v) is 14.4. The number of ether oxygens (including phenoxy) is 1. The number of hydrogen-bond acceptors (Lipinski definition) is 2. The van der Waals surface area contributed by atoms with E-state index in [1.165, 1.54) is 0 Å². The summed E-state index contributed by atoms with van der Waals surface area (Å²) < 4.78 is 42.9. The Morgan fingerprint density at radius 3 is 2.46 bits per heavy atom. The summed E-state index contributed by atoms with van der Waals surface area (Å²) in [7, 11) is 0. The third kappa shape index (κ3) is 4.99. The Labute approximate surface area is 146 Å². The lowest BCUT2D eigenvalue weighted by atomic mass is 10.1. The average molecular weight is 402 g/mol. The number of carbonyl (C=O) groups is 1. The van der Waals surface area contributed by atoms with Gasteiger partial charge < -0.3 is 10.1 Å². The van der Waals surface area contributed by atoms with Crippen LogP contribution < -0.4 is 10.1 Å². The first-order valence-electron chi connectivity index (χ1n) is 7.08. The van der Waals surface area contributed by atoms with Gasteiger partial charge in [-0.15, -0.1) is 0 Å². The Morgan fingerprint density at radius 2 is 1.83 bits per heavy atom. The number of halogens is 4. The van der Waals surface area contributed by atoms with Crippen LogP contribution in [0.2, 0.25) is 0 Å². The molecule has 0 unspecified atom stereocenters. The van der Waals surface area contributed by atoms with E-state index in [1.54, 1.807) is 19.1 Å². The molecule has 0 atom stereocenters. The number of alkyl halides is 3. The van der Waals surface area contributed by atoms with E-state index in [0.717, 1.165) is 5.56 Å². The van der Waals surface area contributed by atoms with Crippen LogP contribution in [0.1, 0.15) is 21.5 Å². The quantitative estimate of drug-likeness (QED) is 0.792. The Morgan fingerprint density at radius 1 is 1.17 bits per heavy atom. The van der Waals surface area contributed by atoms with E-state index in [2.05, 4.69) is 15.9 Å². The molecule has 0 fully saturated rings. The zero-order chi connectivity index (χ0) is 17.7. The van der Waals surface area contributed by atoms with Gasteiger partial charge in [0.1, 0.15) is 18.9 Å². The summed E-state index contributed by atoms with van der Waals surface area (Å²) in [5, 5.41) is 1.87. The molecule has 2 aromatic rings. The zero-order valence-electron chi connectivity index (χ0n) is 12.8. The first kappa shape index (κ1) is 18.3. The second kappa shape index (κ2) is 7.70. The van der Waals surface area contributed by atoms with Crippen molar-refractivity contribution >= 4 is 21.8 Å². The van der Waals surface area contributed by atoms with Crippen LogP contribution in [0.4, 0.5) is 13.2 Å². The summed E-state index contributed by atoms with van der Waals surface area (Å²) in [5.74, 6) is -0.360. The van der Waals surface area contributed by atoms with Crippen molar-refractivity contribution in [1.82, 2.24) is 5.32 Å². The highest BCUT2D eigenvalue weighted by atomic mass is 79.9. The lowest BCUT2D eigenvalue weighted by molar-refractivity contribution is -0.123. The summed E-state index contributed by atoms with van der Waals surface area (Å²) in [6.07, 6.45) is -4.46. The van der Waals surface area contributed by atoms with Gasteiger partial charge in [-0.2, -0.15) is 13.2 Å². The van der Waals surface area contributed by atoms with Crippen LogP contribution in [-0.2, 0) is 6.61 Å². The Kier molecular flexibility index (Phi) is 5.88. The minimum atomic E-state index is -4.46. The molecule has 2 aromatic carbocycles. The van der Waals surface area contributed by atoms with Gasteiger partial charge in [0.05, 0.1) is 5.56 Å². The molecule has 0 spiro atoms. The largest absolute Gasteiger partial charge is 0.489 e. The first-order valence-corrected chi connectivity index (χ1v) is 7.88. The van der Waals surface area contributed by atoms with Crippen molar-refractivity contribution < 1.29 is 22.7 Å². The number of carbonyl (C=O) groups excluding carboxylic acids is 1. The minimum Gasteiger partial charge on any atom is -0.489 e. The maximum atomic E-state index is 12.3. The van der Waals surface area contributed by atoms with Crippen LogP contribution in [0.3, 0.4) is 0 Å². The third-order valence-electron chi connectivity index (χ3n) is 3.28. The summed E-state index contributed by atoms with van der Waals surface area (Å²) >= 11 is 3.20. The van der Waals surface area contributed by atoms with Crippen molar-refractivity contribution in [1.29, 1.82) is 0 Å². The predicted octanol–water partition coefficient (Wildman–Crippen LogP) is 4.63. The van der Waals surface area contributed by atoms with E-state index in [9.17, 15) is 18.0 Å². The van der Waals surface area contributed by atoms with Gasteiger partial charge in [-0.05, 0) is 40.5 Å². The molecule has 0 saturated carbocycles. The molecule has 2 rings (SSSR count). The molecule has 0 aliphatic rings. The lowest BCUT2D eigenvalue weighted by Crippen LogP contribution is -2.34. The number of hydrogen-bond donors (Lipinski definition) is 1. The van der Waals surface area contributed by atoms with Crippen LogP contribution in [0.15, 0.2) is 46.9 Å². The van der Waals surface area contributed by atoms with Crippen LogP contribution in [0.5, 0.6) is 5.75 Å². The molecule has 24 heavy (non-hydrogen) atoms. The van der Waals surface area contributed by atoms with E-state index in [-0.39, 0.29) is 5.56 Å². The van der Waals surface area contributed by atoms with Gasteiger partial charge in [-0.1, -0.05) is 30.3 Å². The van der Waals surface area contributed by atoms with Gasteiger partial charge in [-0.3, -0.25) is 4.79 Å². The summed E-state index contributed by atoms with van der Waals surface area (Å²) in [6, 6.07) is 12.7. The highest BCUT2D eigenvalue weighted by Gasteiger charge is 2.29. The summed E-state index contributed by atoms with van der Waals surface area (Å²) in [4.78, 5) is 12.1. The molecular formula is C17H15BrF3NO2. The van der Waals surface area contributed by atoms with Gasteiger partial charge in [0.15, 0.2) is 0 Å². The standard InChI is InChI=1S/C17H15BrF3NO2/c1-11-14(24-9-12-5-3-2-4-6-12)8-7-13(18)15(11)16(23)22-10-17(19,20)21/h2-8H,9-10H2,1H3,(H,22,23). The van der Waals surface area contributed by atoms with E-state index in [1.807, 2.05) is 35.6 Å². The Hall–Kier alpha value is -2.02. The highest BCUT2D eigenvalue weighted by Crippen LogP contribution is 2.29. The van der Waals surface area contributed by atoms with Gasteiger partial charge in [0.2, 0.25) is 0 Å². The van der Waals surface area contributed by atoms with Crippen molar-refractivity contribution in [2.75, 3.05) is 6.54 Å². The first-order chi connectivity index (χ1) is 11.3. The van der Waals surface area contributed by atoms with E-state index in [4.69, 9.17) is 4.74 Å². The molecule has 0 aliphatic carbocycles. The van der Waals surface area contributed by atoms with E-state index in [0.29, 0.717) is 22.4 Å². The van der Waals surface area contributed by atoms with Crippen LogP contribution in [0, 0.1) is 6.92 Å². The maximum Gasteiger partial charge on any atom is 0.405 e. The monoisotopic (exact) mass is 401 g/mol. The number of amides is 1. The van der Waals surface area contributed by atoms with Crippen molar-refractivity contribution in [3.8, 4) is 5.75 Å². The minimum absolute atomic E-state index is 0.129. The van der Waals surface area contributed by atoms with Gasteiger partial charge in [-0.25, -0.2) is 0 Å². The van der Waals surface area contributed by atoms with Gasteiger partial charge in [0, 0.05) is 10.0 Å². The topological polar surface area (TPSA) is 38.3 Å². The van der Waals surface area contributed by atoms with E-state index >= 15 is 0 Å². The molecule has 128 valence electrons. The Bertz CT molecular complexity index is 718. The summed E-state index contributed by atoms with van der Waals surface area (Å²) in [6.45, 7) is 0.549. The molecule has 1 amide bonds. The van der Waals surface area contributed by atoms with Crippen molar-refractivity contribution in [2.24, 2.45) is 0 Å². The van der Waals surface area contributed by atoms with Crippen LogP contribution in [0.25, 0.3) is 0 Å². The van der Waals surface area contributed by atoms with Crippen molar-refractivity contribution in [3.05, 3.63) is 63.6 Å². The third-order valence-corrected chi connectivity index (χ3v) is 3.94. The fourth-order valence-corrected chi connectivity index (χ4v) is 2.71. The summed E-state index contributed by atoms with van der Waals surface area (Å²) in [5.41, 5.74) is 1.55. The van der Waals surface area contributed by atoms with Gasteiger partial charge >= 0.3 is 6.18 Å². The average Bonchev–Trinajstić information content (AvgIpc) is 2.52. The van der Waals surface area contributed by atoms with E-state index < -0.39 is 18.6 Å². The molecule has 0 bridgehead atoms. The second-order valence-electron chi connectivity index (χ2n) is 5.12. The normalized spacial score (nSPS) is 11.2. The molecule has 0 radical (unpaired) electrons. The van der Waals surface area contributed by atoms with Crippen LogP contribution >= 0.6 is 15.9 Å². The second-order valence-corrected chi connectivity index (χ2v) is 5.97. The predicted molar refractivity (Wildman–Crippen MR) is 88.0 cm³/mol. The molecule has 0 aromatic heterocycles. The highest BCUT2D eigenvalue weighted by molar-refractivity contribution is 9.10. The van der Waals surface area contributed by atoms with Crippen molar-refractivity contribution in [2.45, 2.75) is 19.7 Å². The van der Waals surface area contributed by atoms with Crippen molar-refractivity contribution in [3.63, 3.8) is 0 Å². The molecule has 0 heterocycles. The molecule has 0 aliphatic heterocycles. The maximum absolute atomic E-state index is 12.3. The van der Waals surface area contributed by atoms with Gasteiger partial charge in [0.25, 0.3) is 5.91 Å². The molecular weight excluding hydrogens is 387 g/mol. The number of nitrogens with one attached hydrogen (secondary N) is 1. The number of benzene rings is 2. The molecule has 7 heteroatoms. The fourth-order valence-electron chi connectivity index (χ4n) is 2.10. The smallest absolute Gasteiger partial charge is 0.405 e. The fraction of sp³-hybridized carbons (Fsp3) is 0.235. The molecule has 3 nitrogen and oxygen atoms in total. The number of rotatable bonds is 5. The molecule has 1 N–H and O–H groups in total. The van der Waals surface area contributed by atoms with Crippen LogP contribution in [-0.4, -0.2) is 18.6 Å². The Balaban J connectivity index is 2.16. The molecule has 0 saturated heterocycles.